The number of hydrogen-bond acceptors (Lipinski definition) is 6. The number of nitrogens with one attached hydrogen (secondary N) is 1. The van der Waals surface area contributed by atoms with Crippen LogP contribution in [0.5, 0.6) is 0 Å². The van der Waals surface area contributed by atoms with Crippen LogP contribution in [-0.2, 0) is 17.9 Å². The Kier molecular flexibility index (Phi) is 8.18. The SMILES string of the molecule is CC(C)CN(C(=O)CN(Cc1ccco1)C1CCCC1)c1c(N)n(CC(C)C)c(=O)[nH]c1=O. The molecule has 1 saturated carbocycles. The first-order valence-electron chi connectivity index (χ1n) is 11.9. The van der Waals surface area contributed by atoms with Crippen LogP contribution < -0.4 is 21.9 Å². The maximum Gasteiger partial charge on any atom is 0.330 e. The number of nitrogens with zero attached hydrogens (tertiary/aromatic N) is 3. The van der Waals surface area contributed by atoms with E-state index in [1.165, 1.54) is 9.47 Å². The van der Waals surface area contributed by atoms with Crippen molar-refractivity contribution in [1.29, 1.82) is 0 Å². The second kappa shape index (κ2) is 10.9. The monoisotopic (exact) mass is 459 g/mol. The van der Waals surface area contributed by atoms with Crippen LogP contribution in [0.15, 0.2) is 32.4 Å². The number of H-pyrrole nitrogens is 1. The summed E-state index contributed by atoms with van der Waals surface area (Å²) in [6.07, 6.45) is 5.96. The van der Waals surface area contributed by atoms with Crippen LogP contribution in [0, 0.1) is 11.8 Å². The molecule has 0 aliphatic heterocycles. The average Bonchev–Trinajstić information content (AvgIpc) is 3.43. The van der Waals surface area contributed by atoms with E-state index in [2.05, 4.69) is 9.88 Å². The Morgan fingerprint density at radius 1 is 1.21 bits per heavy atom. The van der Waals surface area contributed by atoms with E-state index >= 15 is 0 Å². The molecule has 9 heteroatoms. The molecular weight excluding hydrogens is 422 g/mol. The lowest BCUT2D eigenvalue weighted by Gasteiger charge is -2.32. The fraction of sp³-hybridized carbons (Fsp3) is 0.625. The van der Waals surface area contributed by atoms with Crippen molar-refractivity contribution in [2.45, 2.75) is 72.5 Å². The normalized spacial score (nSPS) is 14.6. The lowest BCUT2D eigenvalue weighted by Crippen LogP contribution is -2.48. The van der Waals surface area contributed by atoms with Gasteiger partial charge in [0.25, 0.3) is 5.56 Å². The lowest BCUT2D eigenvalue weighted by atomic mass is 10.1. The van der Waals surface area contributed by atoms with Crippen molar-refractivity contribution in [2.24, 2.45) is 11.8 Å². The fourth-order valence-electron chi connectivity index (χ4n) is 4.51. The molecule has 3 N–H and O–H groups in total. The van der Waals surface area contributed by atoms with Gasteiger partial charge in [-0.1, -0.05) is 40.5 Å². The Balaban J connectivity index is 1.95. The number of furan rings is 1. The van der Waals surface area contributed by atoms with Gasteiger partial charge in [0.05, 0.1) is 19.4 Å². The Hall–Kier alpha value is -2.81. The Morgan fingerprint density at radius 3 is 2.48 bits per heavy atom. The minimum atomic E-state index is -0.634. The van der Waals surface area contributed by atoms with Crippen molar-refractivity contribution in [1.82, 2.24) is 14.5 Å². The number of carbonyl (C=O) groups is 1. The van der Waals surface area contributed by atoms with Crippen molar-refractivity contribution in [3.8, 4) is 0 Å². The summed E-state index contributed by atoms with van der Waals surface area (Å²) in [5.74, 6) is 0.861. The van der Waals surface area contributed by atoms with Crippen LogP contribution in [0.1, 0.15) is 59.1 Å². The van der Waals surface area contributed by atoms with Crippen LogP contribution >= 0.6 is 0 Å². The molecule has 1 aliphatic rings. The summed E-state index contributed by atoms with van der Waals surface area (Å²) < 4.78 is 6.89. The molecule has 0 saturated heterocycles. The number of nitrogen functional groups attached to an aromatic ring is 1. The first kappa shape index (κ1) is 24.8. The second-order valence-corrected chi connectivity index (χ2v) is 9.82. The Bertz CT molecular complexity index is 1030. The molecule has 0 bridgehead atoms. The van der Waals surface area contributed by atoms with Gasteiger partial charge in [0.1, 0.15) is 11.6 Å². The van der Waals surface area contributed by atoms with Gasteiger partial charge >= 0.3 is 5.69 Å². The molecule has 1 amide bonds. The van der Waals surface area contributed by atoms with Crippen molar-refractivity contribution in [3.63, 3.8) is 0 Å². The minimum Gasteiger partial charge on any atom is -0.468 e. The topological polar surface area (TPSA) is 118 Å². The van der Waals surface area contributed by atoms with Crippen molar-refractivity contribution < 1.29 is 9.21 Å². The first-order valence-corrected chi connectivity index (χ1v) is 11.9. The van der Waals surface area contributed by atoms with Crippen LogP contribution in [0.4, 0.5) is 11.5 Å². The predicted molar refractivity (Wildman–Crippen MR) is 129 cm³/mol. The first-order chi connectivity index (χ1) is 15.7. The predicted octanol–water partition coefficient (Wildman–Crippen LogP) is 2.80. The molecule has 33 heavy (non-hydrogen) atoms. The molecule has 0 atom stereocenters. The number of rotatable bonds is 10. The summed E-state index contributed by atoms with van der Waals surface area (Å²) in [4.78, 5) is 44.9. The summed E-state index contributed by atoms with van der Waals surface area (Å²) >= 11 is 0. The van der Waals surface area contributed by atoms with Gasteiger partial charge in [0.15, 0.2) is 5.69 Å². The molecule has 3 rings (SSSR count). The van der Waals surface area contributed by atoms with E-state index in [9.17, 15) is 14.4 Å². The molecule has 182 valence electrons. The average molecular weight is 460 g/mol. The maximum absolute atomic E-state index is 13.7. The molecule has 0 unspecified atom stereocenters. The third kappa shape index (κ3) is 6.16. The van der Waals surface area contributed by atoms with Gasteiger partial charge in [-0.25, -0.2) is 4.79 Å². The summed E-state index contributed by atoms with van der Waals surface area (Å²) in [5.41, 5.74) is 5.19. The van der Waals surface area contributed by atoms with Crippen LogP contribution in [0.3, 0.4) is 0 Å². The molecule has 0 spiro atoms. The van der Waals surface area contributed by atoms with Gasteiger partial charge in [-0.05, 0) is 36.8 Å². The highest BCUT2D eigenvalue weighted by atomic mass is 16.3. The molecule has 0 radical (unpaired) electrons. The molecule has 9 nitrogen and oxygen atoms in total. The minimum absolute atomic E-state index is 0.0323. The van der Waals surface area contributed by atoms with Crippen molar-refractivity contribution in [2.75, 3.05) is 23.7 Å². The molecule has 2 aromatic rings. The smallest absolute Gasteiger partial charge is 0.330 e. The summed E-state index contributed by atoms with van der Waals surface area (Å²) in [6.45, 7) is 9.22. The van der Waals surface area contributed by atoms with E-state index in [1.54, 1.807) is 6.26 Å². The van der Waals surface area contributed by atoms with Crippen LogP contribution in [0.25, 0.3) is 0 Å². The van der Waals surface area contributed by atoms with Gasteiger partial charge in [0, 0.05) is 19.1 Å². The highest BCUT2D eigenvalue weighted by Gasteiger charge is 2.30. The van der Waals surface area contributed by atoms with E-state index in [0.717, 1.165) is 31.4 Å². The van der Waals surface area contributed by atoms with Crippen molar-refractivity contribution in [3.05, 3.63) is 45.0 Å². The van der Waals surface area contributed by atoms with Crippen LogP contribution in [-0.4, -0.2) is 39.5 Å². The van der Waals surface area contributed by atoms with E-state index in [4.69, 9.17) is 10.2 Å². The summed E-state index contributed by atoms with van der Waals surface area (Å²) in [6, 6.07) is 4.03. The number of amides is 1. The number of carbonyl (C=O) groups excluding carboxylic acids is 1. The zero-order valence-electron chi connectivity index (χ0n) is 20.2. The summed E-state index contributed by atoms with van der Waals surface area (Å²) in [5, 5.41) is 0. The lowest BCUT2D eigenvalue weighted by molar-refractivity contribution is -0.120. The number of nitrogens with two attached hydrogens (primary N) is 1. The van der Waals surface area contributed by atoms with Gasteiger partial charge in [0.2, 0.25) is 5.91 Å². The fourth-order valence-corrected chi connectivity index (χ4v) is 4.51. The number of aromatic nitrogens is 2. The van der Waals surface area contributed by atoms with E-state index in [0.29, 0.717) is 19.6 Å². The summed E-state index contributed by atoms with van der Waals surface area (Å²) in [7, 11) is 0. The number of aromatic amines is 1. The molecule has 2 aromatic heterocycles. The zero-order valence-corrected chi connectivity index (χ0v) is 20.2. The highest BCUT2D eigenvalue weighted by Crippen LogP contribution is 2.26. The van der Waals surface area contributed by atoms with E-state index < -0.39 is 11.2 Å². The largest absolute Gasteiger partial charge is 0.468 e. The van der Waals surface area contributed by atoms with Gasteiger partial charge < -0.3 is 15.1 Å². The standard InChI is InChI=1S/C24H37N5O4/c1-16(2)12-28(21-22(25)29(13-17(3)4)24(32)26-23(21)31)20(30)15-27(18-8-5-6-9-18)14-19-10-7-11-33-19/h7,10-11,16-18H,5-6,8-9,12-15,25H2,1-4H3,(H,26,31,32). The zero-order chi connectivity index (χ0) is 24.1. The Labute approximate surface area is 194 Å². The van der Waals surface area contributed by atoms with Gasteiger partial charge in [-0.3, -0.25) is 24.0 Å². The van der Waals surface area contributed by atoms with E-state index in [1.807, 2.05) is 39.8 Å². The van der Waals surface area contributed by atoms with E-state index in [-0.39, 0.29) is 41.8 Å². The third-order valence-corrected chi connectivity index (χ3v) is 6.00. The van der Waals surface area contributed by atoms with Gasteiger partial charge in [-0.15, -0.1) is 0 Å². The highest BCUT2D eigenvalue weighted by molar-refractivity contribution is 5.96. The Morgan fingerprint density at radius 2 is 1.91 bits per heavy atom. The molecule has 2 heterocycles. The number of hydrogen-bond donors (Lipinski definition) is 2. The van der Waals surface area contributed by atoms with Crippen molar-refractivity contribution >= 4 is 17.4 Å². The molecule has 0 aromatic carbocycles. The molecular formula is C24H37N5O4. The molecule has 1 fully saturated rings. The maximum atomic E-state index is 13.7. The van der Waals surface area contributed by atoms with Gasteiger partial charge in [-0.2, -0.15) is 0 Å². The van der Waals surface area contributed by atoms with Crippen LogP contribution in [0.2, 0.25) is 0 Å². The second-order valence-electron chi connectivity index (χ2n) is 9.82. The quantitative estimate of drug-likeness (QED) is 0.564. The third-order valence-electron chi connectivity index (χ3n) is 6.00. The molecule has 1 aliphatic carbocycles. The number of anilines is 2.